The van der Waals surface area contributed by atoms with Gasteiger partial charge in [-0.2, -0.15) is 0 Å². The lowest BCUT2D eigenvalue weighted by Crippen LogP contribution is -2.20. The second-order valence-corrected chi connectivity index (χ2v) is 9.27. The van der Waals surface area contributed by atoms with Crippen LogP contribution in [0.25, 0.3) is 11.3 Å². The number of thiazole rings is 1. The lowest BCUT2D eigenvalue weighted by molar-refractivity contribution is 0.102. The fraction of sp³-hybridized carbons (Fsp3) is 0.0345. The van der Waals surface area contributed by atoms with Crippen molar-refractivity contribution >= 4 is 51.2 Å². The summed E-state index contributed by atoms with van der Waals surface area (Å²) >= 11 is 1.49. The van der Waals surface area contributed by atoms with Crippen LogP contribution in [-0.2, 0) is 0 Å². The number of hydrogen-bond acceptors (Lipinski definition) is 6. The van der Waals surface area contributed by atoms with E-state index in [0.29, 0.717) is 16.9 Å². The lowest BCUT2D eigenvalue weighted by atomic mass is 10.2. The molecule has 2 heterocycles. The number of rotatable bonds is 7. The second kappa shape index (κ2) is 11.4. The summed E-state index contributed by atoms with van der Waals surface area (Å²) in [5.41, 5.74) is 5.99. The zero-order chi connectivity index (χ0) is 26.3. The first-order valence-corrected chi connectivity index (χ1v) is 12.7. The van der Waals surface area contributed by atoms with E-state index >= 15 is 0 Å². The summed E-state index contributed by atoms with van der Waals surface area (Å²) in [7, 11) is 0. The molecule has 0 spiro atoms. The zero-order valence-corrected chi connectivity index (χ0v) is 21.3. The first-order chi connectivity index (χ1) is 18.5. The third-order valence-corrected chi connectivity index (χ3v) is 6.39. The van der Waals surface area contributed by atoms with Gasteiger partial charge in [0.25, 0.3) is 5.91 Å². The minimum atomic E-state index is -0.353. The summed E-state index contributed by atoms with van der Waals surface area (Å²) < 4.78 is 0. The van der Waals surface area contributed by atoms with Crippen LogP contribution in [0, 0.1) is 6.92 Å². The van der Waals surface area contributed by atoms with Crippen molar-refractivity contribution in [2.45, 2.75) is 6.92 Å². The number of hydrogen-bond donors (Lipinski definition) is 4. The monoisotopic (exact) mass is 520 g/mol. The molecule has 4 N–H and O–H groups in total. The predicted molar refractivity (Wildman–Crippen MR) is 153 cm³/mol. The first-order valence-electron chi connectivity index (χ1n) is 11.8. The van der Waals surface area contributed by atoms with Crippen molar-refractivity contribution in [1.82, 2.24) is 9.97 Å². The molecule has 188 valence electrons. The van der Waals surface area contributed by atoms with Gasteiger partial charge in [-0.15, -0.1) is 11.3 Å². The number of nitrogens with zero attached hydrogens (tertiary/aromatic N) is 2. The van der Waals surface area contributed by atoms with Gasteiger partial charge >= 0.3 is 6.03 Å². The highest BCUT2D eigenvalue weighted by molar-refractivity contribution is 7.14. The molecule has 5 rings (SSSR count). The highest BCUT2D eigenvalue weighted by Crippen LogP contribution is 2.27. The molecule has 5 aromatic rings. The summed E-state index contributed by atoms with van der Waals surface area (Å²) in [5, 5.41) is 14.5. The van der Waals surface area contributed by atoms with E-state index in [0.717, 1.165) is 33.3 Å². The van der Waals surface area contributed by atoms with Gasteiger partial charge < -0.3 is 21.3 Å². The number of amides is 3. The van der Waals surface area contributed by atoms with Crippen LogP contribution in [0.3, 0.4) is 0 Å². The molecule has 8 nitrogen and oxygen atoms in total. The molecule has 0 saturated heterocycles. The highest BCUT2D eigenvalue weighted by atomic mass is 32.1. The van der Waals surface area contributed by atoms with Crippen molar-refractivity contribution in [3.05, 3.63) is 114 Å². The smallest absolute Gasteiger partial charge is 0.323 e. The third kappa shape index (κ3) is 6.21. The Morgan fingerprint density at radius 2 is 1.61 bits per heavy atom. The molecule has 3 amide bonds. The molecule has 0 unspecified atom stereocenters. The average Bonchev–Trinajstić information content (AvgIpc) is 3.39. The van der Waals surface area contributed by atoms with Crippen LogP contribution in [0.15, 0.2) is 103 Å². The fourth-order valence-electron chi connectivity index (χ4n) is 3.68. The van der Waals surface area contributed by atoms with E-state index < -0.39 is 0 Å². The van der Waals surface area contributed by atoms with E-state index in [1.165, 1.54) is 11.3 Å². The van der Waals surface area contributed by atoms with Crippen LogP contribution >= 0.6 is 11.3 Å². The van der Waals surface area contributed by atoms with Crippen LogP contribution in [0.2, 0.25) is 0 Å². The zero-order valence-electron chi connectivity index (χ0n) is 20.4. The Kier molecular flexibility index (Phi) is 7.37. The van der Waals surface area contributed by atoms with E-state index in [1.54, 1.807) is 36.7 Å². The Bertz CT molecular complexity index is 1570. The van der Waals surface area contributed by atoms with Gasteiger partial charge in [0, 0.05) is 51.7 Å². The van der Waals surface area contributed by atoms with Gasteiger partial charge in [0.15, 0.2) is 5.13 Å². The molecule has 0 aliphatic rings. The summed E-state index contributed by atoms with van der Waals surface area (Å²) in [6.45, 7) is 1.92. The van der Waals surface area contributed by atoms with Crippen molar-refractivity contribution in [2.24, 2.45) is 0 Å². The molecule has 9 heteroatoms. The molecule has 0 radical (unpaired) electrons. The SMILES string of the molecule is Cc1ccccc1NC(=O)Nc1ccc(C(=O)Nc2cccc(Nc3nc(-c4cccnc4)cs3)c2)cc1. The second-order valence-electron chi connectivity index (χ2n) is 8.41. The summed E-state index contributed by atoms with van der Waals surface area (Å²) in [6, 6.07) is 25.1. The first kappa shape index (κ1) is 24.7. The number of anilines is 5. The van der Waals surface area contributed by atoms with Gasteiger partial charge in [0.2, 0.25) is 0 Å². The van der Waals surface area contributed by atoms with Gasteiger partial charge in [-0.05, 0) is 73.2 Å². The van der Waals surface area contributed by atoms with Gasteiger partial charge in [0.05, 0.1) is 5.69 Å². The Labute approximate surface area is 223 Å². The van der Waals surface area contributed by atoms with Crippen LogP contribution in [-0.4, -0.2) is 21.9 Å². The summed E-state index contributed by atoms with van der Waals surface area (Å²) in [5.74, 6) is -0.258. The molecule has 0 saturated carbocycles. The minimum Gasteiger partial charge on any atom is -0.331 e. The summed E-state index contributed by atoms with van der Waals surface area (Å²) in [4.78, 5) is 33.9. The molecule has 0 bridgehead atoms. The highest BCUT2D eigenvalue weighted by Gasteiger charge is 2.10. The number of para-hydroxylation sites is 1. The van der Waals surface area contributed by atoms with Crippen LogP contribution < -0.4 is 21.3 Å². The Balaban J connectivity index is 1.18. The van der Waals surface area contributed by atoms with E-state index in [1.807, 2.05) is 73.0 Å². The molecule has 0 fully saturated rings. The van der Waals surface area contributed by atoms with E-state index in [-0.39, 0.29) is 11.9 Å². The van der Waals surface area contributed by atoms with E-state index in [4.69, 9.17) is 0 Å². The number of carbonyl (C=O) groups excluding carboxylic acids is 2. The fourth-order valence-corrected chi connectivity index (χ4v) is 4.42. The largest absolute Gasteiger partial charge is 0.331 e. The van der Waals surface area contributed by atoms with Gasteiger partial charge in [-0.1, -0.05) is 24.3 Å². The standard InChI is InChI=1S/C29H24N6O2S/c1-19-6-2-3-10-25(19)34-28(37)32-22-13-11-20(12-14-22)27(36)31-23-8-4-9-24(16-23)33-29-35-26(18-38-29)21-7-5-15-30-17-21/h2-18H,1H3,(H,31,36)(H,33,35)(H2,32,34,37). The maximum atomic E-state index is 12.8. The average molecular weight is 521 g/mol. The number of urea groups is 1. The Morgan fingerprint density at radius 3 is 2.39 bits per heavy atom. The lowest BCUT2D eigenvalue weighted by Gasteiger charge is -2.11. The molecule has 38 heavy (non-hydrogen) atoms. The van der Waals surface area contributed by atoms with Crippen LogP contribution in [0.4, 0.5) is 32.7 Å². The molecular formula is C29H24N6O2S. The van der Waals surface area contributed by atoms with Crippen molar-refractivity contribution in [3.63, 3.8) is 0 Å². The number of pyridine rings is 1. The summed E-state index contributed by atoms with van der Waals surface area (Å²) in [6.07, 6.45) is 3.50. The van der Waals surface area contributed by atoms with Crippen molar-refractivity contribution in [2.75, 3.05) is 21.3 Å². The number of carbonyl (C=O) groups is 2. The molecular weight excluding hydrogens is 496 g/mol. The van der Waals surface area contributed by atoms with Crippen molar-refractivity contribution in [3.8, 4) is 11.3 Å². The topological polar surface area (TPSA) is 108 Å². The van der Waals surface area contributed by atoms with Crippen molar-refractivity contribution in [1.29, 1.82) is 0 Å². The van der Waals surface area contributed by atoms with E-state index in [9.17, 15) is 9.59 Å². The number of aromatic nitrogens is 2. The number of aryl methyl sites for hydroxylation is 1. The maximum absolute atomic E-state index is 12.8. The number of benzene rings is 3. The molecule has 2 aromatic heterocycles. The number of nitrogens with one attached hydrogen (secondary N) is 4. The molecule has 0 atom stereocenters. The van der Waals surface area contributed by atoms with Gasteiger partial charge in [-0.3, -0.25) is 9.78 Å². The normalized spacial score (nSPS) is 10.4. The Morgan fingerprint density at radius 1 is 0.789 bits per heavy atom. The molecule has 3 aromatic carbocycles. The van der Waals surface area contributed by atoms with Crippen LogP contribution in [0.5, 0.6) is 0 Å². The molecule has 0 aliphatic carbocycles. The third-order valence-electron chi connectivity index (χ3n) is 5.63. The van der Waals surface area contributed by atoms with Gasteiger partial charge in [0.1, 0.15) is 0 Å². The van der Waals surface area contributed by atoms with Crippen molar-refractivity contribution < 1.29 is 9.59 Å². The van der Waals surface area contributed by atoms with Crippen LogP contribution in [0.1, 0.15) is 15.9 Å². The molecule has 0 aliphatic heterocycles. The quantitative estimate of drug-likeness (QED) is 0.182. The predicted octanol–water partition coefficient (Wildman–Crippen LogP) is 7.15. The minimum absolute atomic E-state index is 0.258. The maximum Gasteiger partial charge on any atom is 0.323 e. The van der Waals surface area contributed by atoms with Gasteiger partial charge in [-0.25, -0.2) is 9.78 Å². The Hall–Kier alpha value is -5.02. The van der Waals surface area contributed by atoms with E-state index in [2.05, 4.69) is 31.2 Å².